The molecule has 6 fully saturated rings. The van der Waals surface area contributed by atoms with Crippen LogP contribution in [-0.2, 0) is 42.7 Å². The van der Waals surface area contributed by atoms with Crippen LogP contribution in [0.5, 0.6) is 0 Å². The number of carbonyl (C=O) groups excluding carboxylic acids is 1. The Balaban J connectivity index is 1.24. The van der Waals surface area contributed by atoms with E-state index in [9.17, 15) is 32.7 Å². The number of ether oxygens (including phenoxy) is 3. The van der Waals surface area contributed by atoms with Crippen molar-refractivity contribution >= 4 is 13.8 Å². The highest BCUT2D eigenvalue weighted by molar-refractivity contribution is 7.48. The van der Waals surface area contributed by atoms with E-state index in [-0.39, 0.29) is 59.6 Å². The van der Waals surface area contributed by atoms with Crippen LogP contribution in [0.1, 0.15) is 79.2 Å². The SMILES string of the molecule is CO[C@@](C(=O)O[C@@H]1CC[C@@]2(C)[C@@H]([C@H](O)[C@@H]3OP(=O)(OC)O[C@@H]4[C@H]5O[C@@H]([C@@H](C)C(C)C)C[C@@H](C)[C@@H]5[C@@]5(C)CC[C@H]2[C@@H]3[C@H]45)[C@H]1O)(c1ccccc1)C(F)(F)F. The Kier molecular flexibility index (Phi) is 10.1. The van der Waals surface area contributed by atoms with E-state index < -0.39 is 73.0 Å². The summed E-state index contributed by atoms with van der Waals surface area (Å²) in [7, 11) is -2.25. The van der Waals surface area contributed by atoms with Gasteiger partial charge >= 0.3 is 20.0 Å². The summed E-state index contributed by atoms with van der Waals surface area (Å²) in [6.07, 6.45) is -8.89. The van der Waals surface area contributed by atoms with Gasteiger partial charge in [0.25, 0.3) is 5.60 Å². The first-order valence-corrected chi connectivity index (χ1v) is 20.7. The molecule has 0 aromatic heterocycles. The summed E-state index contributed by atoms with van der Waals surface area (Å²) in [6.45, 7) is 13.1. The van der Waals surface area contributed by atoms with Crippen LogP contribution in [0.2, 0.25) is 0 Å². The fraction of sp³-hybridized carbons (Fsp3) is 0.821. The topological polar surface area (TPSA) is 130 Å². The Morgan fingerprint density at radius 1 is 0.925 bits per heavy atom. The first-order valence-electron chi connectivity index (χ1n) is 19.2. The lowest BCUT2D eigenvalue weighted by Gasteiger charge is -2.64. The number of hydrogen-bond donors (Lipinski definition) is 2. The van der Waals surface area contributed by atoms with E-state index in [2.05, 4.69) is 34.6 Å². The van der Waals surface area contributed by atoms with Crippen LogP contribution in [0, 0.1) is 58.2 Å². The molecule has 18 atom stereocenters. The Bertz CT molecular complexity index is 1580. The zero-order valence-electron chi connectivity index (χ0n) is 31.8. The Labute approximate surface area is 310 Å². The molecule has 53 heavy (non-hydrogen) atoms. The third kappa shape index (κ3) is 5.75. The van der Waals surface area contributed by atoms with Crippen LogP contribution in [0.4, 0.5) is 13.2 Å². The van der Waals surface area contributed by atoms with Gasteiger partial charge in [0, 0.05) is 25.7 Å². The molecule has 4 saturated carbocycles. The van der Waals surface area contributed by atoms with Gasteiger partial charge in [0.15, 0.2) is 0 Å². The number of fused-ring (bicyclic) bond motifs is 5. The summed E-state index contributed by atoms with van der Waals surface area (Å²) < 4.78 is 94.4. The summed E-state index contributed by atoms with van der Waals surface area (Å²) in [5.74, 6) is -2.37. The molecular weight excluding hydrogens is 716 g/mol. The van der Waals surface area contributed by atoms with Crippen molar-refractivity contribution < 1.29 is 60.5 Å². The van der Waals surface area contributed by atoms with Crippen LogP contribution in [-0.4, -0.2) is 79.3 Å². The van der Waals surface area contributed by atoms with Crippen LogP contribution in [0.15, 0.2) is 30.3 Å². The maximum absolute atomic E-state index is 14.8. The first kappa shape index (κ1) is 39.7. The second-order valence-electron chi connectivity index (χ2n) is 17.7. The fourth-order valence-electron chi connectivity index (χ4n) is 12.4. The zero-order chi connectivity index (χ0) is 38.6. The van der Waals surface area contributed by atoms with Crippen molar-refractivity contribution in [3.05, 3.63) is 35.9 Å². The maximum Gasteiger partial charge on any atom is 0.475 e. The van der Waals surface area contributed by atoms with Crippen molar-refractivity contribution in [2.24, 2.45) is 58.2 Å². The standard InChI is InChI=1S/C39H56F3O10P/c1-19(2)21(4)25-18-20(3)27-33(49-25)34-28-26-23(14-16-37(27,28)6)36(5)17-15-24(30(43)29(36)31(44)32(26)51-53(46,48-8)52-34)50-35(45)38(47-7,39(40,41)42)22-12-10-9-11-13-22/h9-13,19-21,23-34,43-44H,14-18H2,1-8H3/t20-,21+,23+,24-,25-,26-,27+,28-,29-,30+,31+,32-,33+,34+,36-,37-,38-,53?/m1/s1. The fourth-order valence-corrected chi connectivity index (χ4v) is 13.8. The smallest absolute Gasteiger partial charge is 0.457 e. The number of hydrogen-bond acceptors (Lipinski definition) is 10. The third-order valence-corrected chi connectivity index (χ3v) is 16.6. The van der Waals surface area contributed by atoms with Crippen molar-refractivity contribution in [2.75, 3.05) is 14.2 Å². The summed E-state index contributed by atoms with van der Waals surface area (Å²) in [6, 6.07) is 6.52. The van der Waals surface area contributed by atoms with E-state index in [0.29, 0.717) is 12.3 Å². The average molecular weight is 773 g/mol. The molecule has 1 aromatic rings. The Morgan fingerprint density at radius 3 is 2.17 bits per heavy atom. The third-order valence-electron chi connectivity index (χ3n) is 15.2. The highest BCUT2D eigenvalue weighted by Gasteiger charge is 2.75. The highest BCUT2D eigenvalue weighted by Crippen LogP contribution is 2.74. The molecule has 298 valence electrons. The van der Waals surface area contributed by atoms with Gasteiger partial charge < -0.3 is 24.4 Å². The van der Waals surface area contributed by atoms with Crippen LogP contribution in [0.25, 0.3) is 0 Å². The molecule has 2 aliphatic heterocycles. The van der Waals surface area contributed by atoms with E-state index in [1.54, 1.807) is 0 Å². The number of alkyl halides is 3. The predicted octanol–water partition coefficient (Wildman–Crippen LogP) is 7.06. The lowest BCUT2D eigenvalue weighted by Crippen LogP contribution is -2.68. The molecular formula is C39H56F3O10P. The Hall–Kier alpha value is -1.57. The van der Waals surface area contributed by atoms with Gasteiger partial charge in [-0.1, -0.05) is 71.9 Å². The maximum atomic E-state index is 14.8. The monoisotopic (exact) mass is 772 g/mol. The van der Waals surface area contributed by atoms with Gasteiger partial charge in [0.05, 0.1) is 36.6 Å². The molecule has 1 unspecified atom stereocenters. The van der Waals surface area contributed by atoms with Crippen molar-refractivity contribution in [3.8, 4) is 0 Å². The number of esters is 1. The quantitative estimate of drug-likeness (QED) is 0.220. The zero-order valence-corrected chi connectivity index (χ0v) is 32.7. The van der Waals surface area contributed by atoms with E-state index in [1.807, 2.05) is 6.92 Å². The molecule has 0 bridgehead atoms. The van der Waals surface area contributed by atoms with Crippen molar-refractivity contribution in [3.63, 3.8) is 0 Å². The molecule has 2 saturated heterocycles. The minimum Gasteiger partial charge on any atom is -0.457 e. The number of phosphoric ester groups is 1. The number of phosphoric acid groups is 1. The van der Waals surface area contributed by atoms with E-state index >= 15 is 0 Å². The molecule has 0 spiro atoms. The number of methoxy groups -OCH3 is 1. The minimum atomic E-state index is -5.20. The molecule has 1 aromatic carbocycles. The van der Waals surface area contributed by atoms with Crippen LogP contribution in [0.3, 0.4) is 0 Å². The molecule has 7 rings (SSSR count). The van der Waals surface area contributed by atoms with Gasteiger partial charge in [-0.3, -0.25) is 13.6 Å². The lowest BCUT2D eigenvalue weighted by atomic mass is 9.42. The van der Waals surface area contributed by atoms with Gasteiger partial charge in [0.2, 0.25) is 0 Å². The van der Waals surface area contributed by atoms with Crippen LogP contribution < -0.4 is 0 Å². The van der Waals surface area contributed by atoms with E-state index in [4.69, 9.17) is 27.8 Å². The van der Waals surface area contributed by atoms with Crippen molar-refractivity contribution in [1.82, 2.24) is 0 Å². The number of aliphatic hydroxyl groups excluding tert-OH is 2. The second-order valence-corrected chi connectivity index (χ2v) is 19.4. The molecule has 6 aliphatic rings. The molecule has 2 N–H and O–H groups in total. The van der Waals surface area contributed by atoms with Gasteiger partial charge in [-0.2, -0.15) is 13.2 Å². The Morgan fingerprint density at radius 2 is 1.57 bits per heavy atom. The second kappa shape index (κ2) is 13.5. The molecule has 10 nitrogen and oxygen atoms in total. The lowest BCUT2D eigenvalue weighted by molar-refractivity contribution is -0.286. The average Bonchev–Trinajstić information content (AvgIpc) is 3.24. The number of aliphatic hydroxyl groups is 2. The molecule has 0 amide bonds. The summed E-state index contributed by atoms with van der Waals surface area (Å²) in [4.78, 5) is 13.7. The molecule has 4 aliphatic carbocycles. The minimum absolute atomic E-state index is 0.0145. The van der Waals surface area contributed by atoms with Gasteiger partial charge in [-0.05, 0) is 84.4 Å². The van der Waals surface area contributed by atoms with Gasteiger partial charge in [-0.15, -0.1) is 0 Å². The van der Waals surface area contributed by atoms with Crippen molar-refractivity contribution in [2.45, 2.75) is 128 Å². The van der Waals surface area contributed by atoms with Crippen LogP contribution >= 0.6 is 7.82 Å². The number of benzene rings is 1. The summed E-state index contributed by atoms with van der Waals surface area (Å²) >= 11 is 0. The normalized spacial score (nSPS) is 48.1. The molecule has 2 heterocycles. The van der Waals surface area contributed by atoms with E-state index in [1.165, 1.54) is 25.3 Å². The van der Waals surface area contributed by atoms with Gasteiger partial charge in [-0.25, -0.2) is 9.36 Å². The molecule has 0 radical (unpaired) electrons. The van der Waals surface area contributed by atoms with Gasteiger partial charge in [0.1, 0.15) is 6.10 Å². The predicted molar refractivity (Wildman–Crippen MR) is 186 cm³/mol. The van der Waals surface area contributed by atoms with E-state index in [0.717, 1.165) is 38.5 Å². The summed E-state index contributed by atoms with van der Waals surface area (Å²) in [5.41, 5.74) is -4.95. The number of rotatable bonds is 7. The molecule has 14 heteroatoms. The van der Waals surface area contributed by atoms with Crippen molar-refractivity contribution in [1.29, 1.82) is 0 Å². The number of halogens is 3. The summed E-state index contributed by atoms with van der Waals surface area (Å²) in [5, 5.41) is 24.4. The first-order chi connectivity index (χ1) is 24.8. The number of carbonyl (C=O) groups is 1. The highest BCUT2D eigenvalue weighted by atomic mass is 31.2. The largest absolute Gasteiger partial charge is 0.475 e.